The Hall–Kier alpha value is -2.42. The number of carbonyl (C=O) groups excluding carboxylic acids is 2. The molecule has 0 radical (unpaired) electrons. The number of alkyl halides is 3. The fourth-order valence-electron chi connectivity index (χ4n) is 2.20. The quantitative estimate of drug-likeness (QED) is 0.438. The number of amides is 1. The topological polar surface area (TPSA) is 55.4 Å². The van der Waals surface area contributed by atoms with Crippen LogP contribution in [0.4, 0.5) is 17.6 Å². The zero-order chi connectivity index (χ0) is 19.5. The van der Waals surface area contributed by atoms with Crippen LogP contribution in [-0.4, -0.2) is 18.8 Å². The molecule has 0 unspecified atom stereocenters. The summed E-state index contributed by atoms with van der Waals surface area (Å²) in [5.41, 5.74) is -1.62. The normalized spacial score (nSPS) is 11.2. The number of carbonyl (C=O) groups is 2. The molecule has 0 saturated heterocycles. The van der Waals surface area contributed by atoms with Crippen molar-refractivity contribution in [3.63, 3.8) is 0 Å². The first-order valence-corrected chi connectivity index (χ1v) is 7.94. The van der Waals surface area contributed by atoms with Crippen LogP contribution in [-0.2, 0) is 17.5 Å². The number of Topliss-reactive ketones (excluding diaryl/α,β-unsaturated/α-hetero) is 1. The zero-order valence-corrected chi connectivity index (χ0v) is 14.9. The minimum atomic E-state index is -4.79. The van der Waals surface area contributed by atoms with E-state index in [0.29, 0.717) is 10.5 Å². The van der Waals surface area contributed by atoms with E-state index in [4.69, 9.17) is 4.74 Å². The summed E-state index contributed by atoms with van der Waals surface area (Å²) < 4.78 is 57.5. The number of methoxy groups -OCH3 is 1. The molecular formula is C17H12BrF4NO3. The highest BCUT2D eigenvalue weighted by atomic mass is 79.9. The third kappa shape index (κ3) is 4.60. The maximum absolute atomic E-state index is 13.1. The predicted octanol–water partition coefficient (Wildman–Crippen LogP) is 4.11. The molecule has 0 fully saturated rings. The van der Waals surface area contributed by atoms with E-state index in [0.717, 1.165) is 12.1 Å². The van der Waals surface area contributed by atoms with E-state index in [1.165, 1.54) is 19.2 Å². The van der Waals surface area contributed by atoms with Gasteiger partial charge in [-0.25, -0.2) is 4.39 Å². The number of ketones is 1. The van der Waals surface area contributed by atoms with Gasteiger partial charge in [0.2, 0.25) is 0 Å². The number of benzene rings is 2. The maximum atomic E-state index is 13.1. The van der Waals surface area contributed by atoms with E-state index in [1.807, 2.05) is 0 Å². The highest BCUT2D eigenvalue weighted by molar-refractivity contribution is 9.10. The number of nitrogens with one attached hydrogen (secondary N) is 1. The number of halogens is 5. The van der Waals surface area contributed by atoms with Crippen molar-refractivity contribution in [2.75, 3.05) is 7.11 Å². The predicted molar refractivity (Wildman–Crippen MR) is 88.3 cm³/mol. The van der Waals surface area contributed by atoms with Crippen molar-refractivity contribution in [3.05, 3.63) is 63.4 Å². The SMILES string of the molecule is COc1ccc(Br)cc1C(=O)C(=O)NCc1ccc(F)cc1C(F)(F)F. The summed E-state index contributed by atoms with van der Waals surface area (Å²) >= 11 is 3.16. The summed E-state index contributed by atoms with van der Waals surface area (Å²) in [5, 5.41) is 2.12. The lowest BCUT2D eigenvalue weighted by Gasteiger charge is -2.14. The molecular weight excluding hydrogens is 422 g/mol. The molecule has 0 saturated carbocycles. The van der Waals surface area contributed by atoms with Crippen LogP contribution in [0.1, 0.15) is 21.5 Å². The van der Waals surface area contributed by atoms with Crippen LogP contribution in [0.15, 0.2) is 40.9 Å². The van der Waals surface area contributed by atoms with Gasteiger partial charge in [0.05, 0.1) is 18.2 Å². The van der Waals surface area contributed by atoms with Gasteiger partial charge < -0.3 is 10.1 Å². The van der Waals surface area contributed by atoms with Gasteiger partial charge >= 0.3 is 6.18 Å². The van der Waals surface area contributed by atoms with E-state index < -0.39 is 35.8 Å². The van der Waals surface area contributed by atoms with Crippen molar-refractivity contribution in [2.24, 2.45) is 0 Å². The largest absolute Gasteiger partial charge is 0.496 e. The molecule has 1 amide bonds. The Morgan fingerprint density at radius 3 is 2.46 bits per heavy atom. The first-order chi connectivity index (χ1) is 12.1. The number of ether oxygens (including phenoxy) is 1. The molecule has 2 aromatic rings. The zero-order valence-electron chi connectivity index (χ0n) is 13.3. The Bertz CT molecular complexity index is 852. The average Bonchev–Trinajstić information content (AvgIpc) is 2.58. The fraction of sp³-hybridized carbons (Fsp3) is 0.176. The molecule has 0 aromatic heterocycles. The lowest BCUT2D eigenvalue weighted by Crippen LogP contribution is -2.31. The molecule has 0 aliphatic carbocycles. The van der Waals surface area contributed by atoms with Crippen molar-refractivity contribution < 1.29 is 31.9 Å². The van der Waals surface area contributed by atoms with Gasteiger partial charge in [-0.2, -0.15) is 13.2 Å². The molecule has 2 rings (SSSR count). The van der Waals surface area contributed by atoms with Crippen LogP contribution >= 0.6 is 15.9 Å². The summed E-state index contributed by atoms with van der Waals surface area (Å²) in [6.07, 6.45) is -4.79. The Labute approximate surface area is 154 Å². The van der Waals surface area contributed by atoms with Crippen LogP contribution in [0.2, 0.25) is 0 Å². The Morgan fingerprint density at radius 2 is 1.85 bits per heavy atom. The van der Waals surface area contributed by atoms with Gasteiger partial charge in [-0.1, -0.05) is 22.0 Å². The number of hydrogen-bond donors (Lipinski definition) is 1. The van der Waals surface area contributed by atoms with Crippen LogP contribution in [0.5, 0.6) is 5.75 Å². The molecule has 4 nitrogen and oxygen atoms in total. The molecule has 0 heterocycles. The molecule has 26 heavy (non-hydrogen) atoms. The van der Waals surface area contributed by atoms with E-state index in [-0.39, 0.29) is 16.9 Å². The molecule has 9 heteroatoms. The van der Waals surface area contributed by atoms with Crippen molar-refractivity contribution in [3.8, 4) is 5.75 Å². The summed E-state index contributed by atoms with van der Waals surface area (Å²) in [7, 11) is 1.31. The Balaban J connectivity index is 2.20. The molecule has 1 N–H and O–H groups in total. The third-order valence-corrected chi connectivity index (χ3v) is 3.92. The van der Waals surface area contributed by atoms with Gasteiger partial charge in [0.15, 0.2) is 0 Å². The molecule has 0 spiro atoms. The van der Waals surface area contributed by atoms with Crippen molar-refractivity contribution in [1.29, 1.82) is 0 Å². The highest BCUT2D eigenvalue weighted by Gasteiger charge is 2.34. The number of hydrogen-bond acceptors (Lipinski definition) is 3. The standard InChI is InChI=1S/C17H12BrF4NO3/c1-26-14-5-3-10(18)6-12(14)15(24)16(25)23-8-9-2-4-11(19)7-13(9)17(20,21)22/h2-7H,8H2,1H3,(H,23,25). The first-order valence-electron chi connectivity index (χ1n) is 7.15. The van der Waals surface area contributed by atoms with Crippen LogP contribution in [0.25, 0.3) is 0 Å². The van der Waals surface area contributed by atoms with Gasteiger partial charge in [-0.3, -0.25) is 9.59 Å². The van der Waals surface area contributed by atoms with Gasteiger partial charge in [-0.15, -0.1) is 0 Å². The van der Waals surface area contributed by atoms with Crippen molar-refractivity contribution in [1.82, 2.24) is 5.32 Å². The van der Waals surface area contributed by atoms with E-state index in [2.05, 4.69) is 21.2 Å². The monoisotopic (exact) mass is 433 g/mol. The van der Waals surface area contributed by atoms with E-state index in [9.17, 15) is 27.2 Å². The second kappa shape index (κ2) is 7.86. The highest BCUT2D eigenvalue weighted by Crippen LogP contribution is 2.32. The van der Waals surface area contributed by atoms with Crippen molar-refractivity contribution >= 4 is 27.6 Å². The molecule has 2 aromatic carbocycles. The van der Waals surface area contributed by atoms with E-state index >= 15 is 0 Å². The molecule has 0 atom stereocenters. The summed E-state index contributed by atoms with van der Waals surface area (Å²) in [6, 6.07) is 6.51. The maximum Gasteiger partial charge on any atom is 0.416 e. The third-order valence-electron chi connectivity index (χ3n) is 3.43. The van der Waals surface area contributed by atoms with Crippen LogP contribution < -0.4 is 10.1 Å². The van der Waals surface area contributed by atoms with Gasteiger partial charge in [0.25, 0.3) is 11.7 Å². The second-order valence-electron chi connectivity index (χ2n) is 5.16. The average molecular weight is 434 g/mol. The molecule has 138 valence electrons. The van der Waals surface area contributed by atoms with E-state index in [1.54, 1.807) is 6.07 Å². The van der Waals surface area contributed by atoms with Gasteiger partial charge in [-0.05, 0) is 35.9 Å². The summed E-state index contributed by atoms with van der Waals surface area (Å²) in [6.45, 7) is -0.587. The second-order valence-corrected chi connectivity index (χ2v) is 6.07. The summed E-state index contributed by atoms with van der Waals surface area (Å²) in [4.78, 5) is 24.3. The molecule has 0 aliphatic heterocycles. The molecule has 0 aliphatic rings. The fourth-order valence-corrected chi connectivity index (χ4v) is 2.56. The minimum absolute atomic E-state index is 0.0467. The van der Waals surface area contributed by atoms with Crippen molar-refractivity contribution in [2.45, 2.75) is 12.7 Å². The van der Waals surface area contributed by atoms with Gasteiger partial charge in [0.1, 0.15) is 11.6 Å². The van der Waals surface area contributed by atoms with Crippen LogP contribution in [0, 0.1) is 5.82 Å². The molecule has 0 bridgehead atoms. The van der Waals surface area contributed by atoms with Crippen LogP contribution in [0.3, 0.4) is 0 Å². The Kier molecular flexibility index (Phi) is 6.01. The lowest BCUT2D eigenvalue weighted by atomic mass is 10.1. The number of rotatable bonds is 5. The summed E-state index contributed by atoms with van der Waals surface area (Å²) in [5.74, 6) is -2.99. The lowest BCUT2D eigenvalue weighted by molar-refractivity contribution is -0.138. The van der Waals surface area contributed by atoms with Gasteiger partial charge in [0, 0.05) is 11.0 Å². The first kappa shape index (κ1) is 19.9. The minimum Gasteiger partial charge on any atom is -0.496 e. The Morgan fingerprint density at radius 1 is 1.15 bits per heavy atom. The smallest absolute Gasteiger partial charge is 0.416 e.